The van der Waals surface area contributed by atoms with E-state index in [1.54, 1.807) is 12.1 Å². The number of hydrogen-bond donors (Lipinski definition) is 1. The number of nitrogens with zero attached hydrogens (tertiary/aromatic N) is 1. The number of aromatic amines is 1. The maximum Gasteiger partial charge on any atom is 0.328 e. The van der Waals surface area contributed by atoms with Crippen LogP contribution in [0.1, 0.15) is 22.9 Å². The Morgan fingerprint density at radius 3 is 2.71 bits per heavy atom. The molecule has 7 heteroatoms. The Hall–Kier alpha value is -2.50. The number of benzene rings is 2. The number of para-hydroxylation sites is 1. The van der Waals surface area contributed by atoms with Crippen molar-refractivity contribution in [1.29, 1.82) is 0 Å². The topological polar surface area (TPSA) is 62.4 Å². The van der Waals surface area contributed by atoms with Crippen molar-refractivity contribution in [1.82, 2.24) is 9.88 Å². The van der Waals surface area contributed by atoms with Gasteiger partial charge in [0, 0.05) is 28.0 Å². The highest BCUT2D eigenvalue weighted by Crippen LogP contribution is 2.41. The quantitative estimate of drug-likeness (QED) is 0.516. The van der Waals surface area contributed by atoms with Crippen LogP contribution in [0.5, 0.6) is 0 Å². The van der Waals surface area contributed by atoms with Crippen LogP contribution in [0.25, 0.3) is 10.9 Å². The number of hydrogen-bond acceptors (Lipinski definition) is 3. The number of rotatable bonds is 3. The van der Waals surface area contributed by atoms with Crippen LogP contribution < -0.4 is 0 Å². The minimum atomic E-state index is -0.771. The standard InChI is InChI=1S/C21H18Cl2N2O3/c1-28-21(27)17-10-15-14-7-2-3-8-16(14)24-19(15)20(25(17)18(26)11-22)12-5-4-6-13(23)9-12/h2-9,17,20,24H,10-11H2,1H3/t17-,20+/m0/s1. The first-order valence-electron chi connectivity index (χ1n) is 8.85. The molecule has 1 aliphatic rings. The fraction of sp³-hybridized carbons (Fsp3) is 0.238. The van der Waals surface area contributed by atoms with Crippen molar-refractivity contribution in [3.63, 3.8) is 0 Å². The number of fused-ring (bicyclic) bond motifs is 3. The summed E-state index contributed by atoms with van der Waals surface area (Å²) in [7, 11) is 1.32. The molecule has 0 radical (unpaired) electrons. The first-order chi connectivity index (χ1) is 13.5. The first kappa shape index (κ1) is 18.8. The number of ether oxygens (including phenoxy) is 1. The van der Waals surface area contributed by atoms with Crippen molar-refractivity contribution in [2.24, 2.45) is 0 Å². The van der Waals surface area contributed by atoms with E-state index in [1.165, 1.54) is 12.0 Å². The number of alkyl halides is 1. The Labute approximate surface area is 172 Å². The zero-order valence-corrected chi connectivity index (χ0v) is 16.6. The van der Waals surface area contributed by atoms with Gasteiger partial charge in [0.2, 0.25) is 5.91 Å². The van der Waals surface area contributed by atoms with Crippen LogP contribution in [-0.4, -0.2) is 40.8 Å². The average Bonchev–Trinajstić information content (AvgIpc) is 3.09. The summed E-state index contributed by atoms with van der Waals surface area (Å²) in [6.07, 6.45) is 0.353. The van der Waals surface area contributed by atoms with Gasteiger partial charge in [0.15, 0.2) is 0 Å². The Morgan fingerprint density at radius 1 is 1.21 bits per heavy atom. The number of methoxy groups -OCH3 is 1. The lowest BCUT2D eigenvalue weighted by Crippen LogP contribution is -2.52. The van der Waals surface area contributed by atoms with Gasteiger partial charge < -0.3 is 14.6 Å². The molecule has 0 aliphatic carbocycles. The number of halogens is 2. The van der Waals surface area contributed by atoms with Gasteiger partial charge in [-0.05, 0) is 29.3 Å². The Balaban J connectivity index is 1.99. The van der Waals surface area contributed by atoms with E-state index >= 15 is 0 Å². The van der Waals surface area contributed by atoms with Crippen molar-refractivity contribution >= 4 is 46.0 Å². The number of aromatic nitrogens is 1. The van der Waals surface area contributed by atoms with E-state index in [0.29, 0.717) is 11.4 Å². The van der Waals surface area contributed by atoms with Gasteiger partial charge in [0.05, 0.1) is 13.2 Å². The molecule has 0 fully saturated rings. The van der Waals surface area contributed by atoms with Crippen LogP contribution in [-0.2, 0) is 20.7 Å². The summed E-state index contributed by atoms with van der Waals surface area (Å²) in [5.41, 5.74) is 3.60. The summed E-state index contributed by atoms with van der Waals surface area (Å²) in [6, 6.07) is 13.9. The van der Waals surface area contributed by atoms with E-state index < -0.39 is 18.1 Å². The SMILES string of the molecule is COC(=O)[C@@H]1Cc2c([nH]c3ccccc23)[C@@H](c2cccc(Cl)c2)N1C(=O)CCl. The Morgan fingerprint density at radius 2 is 2.00 bits per heavy atom. The molecule has 0 unspecified atom stereocenters. The Kier molecular flexibility index (Phi) is 5.04. The summed E-state index contributed by atoms with van der Waals surface area (Å²) in [6.45, 7) is 0. The van der Waals surface area contributed by atoms with Gasteiger partial charge in [-0.15, -0.1) is 11.6 Å². The number of amides is 1. The average molecular weight is 417 g/mol. The van der Waals surface area contributed by atoms with Crippen LogP contribution in [0.2, 0.25) is 5.02 Å². The molecule has 2 atom stereocenters. The molecule has 1 aliphatic heterocycles. The number of carbonyl (C=O) groups is 2. The minimum absolute atomic E-state index is 0.236. The van der Waals surface area contributed by atoms with E-state index in [9.17, 15) is 9.59 Å². The summed E-state index contributed by atoms with van der Waals surface area (Å²) in [4.78, 5) is 30.4. The van der Waals surface area contributed by atoms with Crippen molar-refractivity contribution < 1.29 is 14.3 Å². The highest BCUT2D eigenvalue weighted by atomic mass is 35.5. The van der Waals surface area contributed by atoms with Crippen LogP contribution in [0.15, 0.2) is 48.5 Å². The van der Waals surface area contributed by atoms with E-state index in [1.807, 2.05) is 36.4 Å². The lowest BCUT2D eigenvalue weighted by molar-refractivity contribution is -0.154. The molecule has 144 valence electrons. The molecule has 4 rings (SSSR count). The lowest BCUT2D eigenvalue weighted by atomic mass is 9.88. The number of carbonyl (C=O) groups excluding carboxylic acids is 2. The largest absolute Gasteiger partial charge is 0.467 e. The third-order valence-corrected chi connectivity index (χ3v) is 5.64. The fourth-order valence-electron chi connectivity index (χ4n) is 4.01. The predicted octanol–water partition coefficient (Wildman–Crippen LogP) is 4.08. The molecular formula is C21H18Cl2N2O3. The fourth-order valence-corrected chi connectivity index (χ4v) is 4.35. The van der Waals surface area contributed by atoms with Crippen molar-refractivity contribution in [3.8, 4) is 0 Å². The zero-order chi connectivity index (χ0) is 19.8. The van der Waals surface area contributed by atoms with E-state index in [0.717, 1.165) is 27.7 Å². The maximum absolute atomic E-state index is 12.8. The Bertz CT molecular complexity index is 1060. The van der Waals surface area contributed by atoms with Crippen LogP contribution in [0, 0.1) is 0 Å². The molecule has 2 heterocycles. The van der Waals surface area contributed by atoms with Crippen LogP contribution >= 0.6 is 23.2 Å². The van der Waals surface area contributed by atoms with Gasteiger partial charge >= 0.3 is 5.97 Å². The molecule has 2 aromatic carbocycles. The molecule has 0 spiro atoms. The number of esters is 1. The molecule has 0 saturated heterocycles. The van der Waals surface area contributed by atoms with Crippen LogP contribution in [0.3, 0.4) is 0 Å². The second kappa shape index (κ2) is 7.49. The lowest BCUT2D eigenvalue weighted by Gasteiger charge is -2.40. The second-order valence-electron chi connectivity index (χ2n) is 6.70. The van der Waals surface area contributed by atoms with E-state index in [-0.39, 0.29) is 11.8 Å². The van der Waals surface area contributed by atoms with Crippen molar-refractivity contribution in [2.45, 2.75) is 18.5 Å². The normalized spacial score (nSPS) is 18.8. The van der Waals surface area contributed by atoms with E-state index in [4.69, 9.17) is 27.9 Å². The molecule has 5 nitrogen and oxygen atoms in total. The molecule has 3 aromatic rings. The molecule has 28 heavy (non-hydrogen) atoms. The third kappa shape index (κ3) is 3.05. The highest BCUT2D eigenvalue weighted by Gasteiger charge is 2.43. The van der Waals surface area contributed by atoms with Gasteiger partial charge in [-0.1, -0.05) is 41.9 Å². The molecular weight excluding hydrogens is 399 g/mol. The van der Waals surface area contributed by atoms with Crippen molar-refractivity contribution in [3.05, 3.63) is 70.4 Å². The molecule has 0 bridgehead atoms. The summed E-state index contributed by atoms with van der Waals surface area (Å²) < 4.78 is 5.01. The summed E-state index contributed by atoms with van der Waals surface area (Å²) in [5, 5.41) is 1.57. The zero-order valence-electron chi connectivity index (χ0n) is 15.1. The molecule has 1 N–H and O–H groups in total. The maximum atomic E-state index is 12.8. The monoisotopic (exact) mass is 416 g/mol. The second-order valence-corrected chi connectivity index (χ2v) is 7.40. The van der Waals surface area contributed by atoms with Gasteiger partial charge in [-0.25, -0.2) is 4.79 Å². The predicted molar refractivity (Wildman–Crippen MR) is 109 cm³/mol. The van der Waals surface area contributed by atoms with Gasteiger partial charge in [-0.2, -0.15) is 0 Å². The van der Waals surface area contributed by atoms with Gasteiger partial charge in [-0.3, -0.25) is 4.79 Å². The van der Waals surface area contributed by atoms with E-state index in [2.05, 4.69) is 4.98 Å². The number of H-pyrrole nitrogens is 1. The number of nitrogens with one attached hydrogen (secondary N) is 1. The summed E-state index contributed by atoms with van der Waals surface area (Å²) in [5.74, 6) is -1.05. The smallest absolute Gasteiger partial charge is 0.328 e. The molecule has 1 amide bonds. The molecule has 1 aromatic heterocycles. The molecule has 0 saturated carbocycles. The van der Waals surface area contributed by atoms with Crippen molar-refractivity contribution in [2.75, 3.05) is 13.0 Å². The third-order valence-electron chi connectivity index (χ3n) is 5.17. The van der Waals surface area contributed by atoms with Gasteiger partial charge in [0.25, 0.3) is 0 Å². The van der Waals surface area contributed by atoms with Gasteiger partial charge in [0.1, 0.15) is 11.9 Å². The highest BCUT2D eigenvalue weighted by molar-refractivity contribution is 6.30. The first-order valence-corrected chi connectivity index (χ1v) is 9.76. The summed E-state index contributed by atoms with van der Waals surface area (Å²) >= 11 is 12.1. The van der Waals surface area contributed by atoms with Crippen LogP contribution in [0.4, 0.5) is 0 Å². The minimum Gasteiger partial charge on any atom is -0.467 e.